The molecule has 1 aromatic carbocycles. The van der Waals surface area contributed by atoms with Crippen LogP contribution < -0.4 is 11.1 Å². The van der Waals surface area contributed by atoms with Crippen LogP contribution in [0.2, 0.25) is 0 Å². The molecule has 1 heterocycles. The quantitative estimate of drug-likeness (QED) is 0.778. The Balaban J connectivity index is 2.25. The summed E-state index contributed by atoms with van der Waals surface area (Å²) in [5, 5.41) is 13.0. The SMILES string of the molecule is CCNc1nnc(-c2ccc(N)cc2)s1. The maximum absolute atomic E-state index is 5.61. The lowest BCUT2D eigenvalue weighted by Crippen LogP contribution is -1.94. The van der Waals surface area contributed by atoms with Crippen LogP contribution in [0.4, 0.5) is 10.8 Å². The Morgan fingerprint density at radius 3 is 2.67 bits per heavy atom. The van der Waals surface area contributed by atoms with Crippen LogP contribution in [0, 0.1) is 0 Å². The minimum Gasteiger partial charge on any atom is -0.399 e. The molecule has 0 aliphatic rings. The summed E-state index contributed by atoms with van der Waals surface area (Å²) < 4.78 is 0. The van der Waals surface area contributed by atoms with Crippen LogP contribution in [-0.2, 0) is 0 Å². The van der Waals surface area contributed by atoms with Gasteiger partial charge in [-0.25, -0.2) is 0 Å². The molecule has 15 heavy (non-hydrogen) atoms. The highest BCUT2D eigenvalue weighted by Crippen LogP contribution is 2.26. The maximum Gasteiger partial charge on any atom is 0.205 e. The zero-order valence-electron chi connectivity index (χ0n) is 8.40. The third-order valence-electron chi connectivity index (χ3n) is 1.91. The van der Waals surface area contributed by atoms with Gasteiger partial charge in [0, 0.05) is 17.8 Å². The average molecular weight is 220 g/mol. The number of nitrogens with two attached hydrogens (primary N) is 1. The van der Waals surface area contributed by atoms with Gasteiger partial charge in [0.1, 0.15) is 5.01 Å². The number of nitrogen functional groups attached to an aromatic ring is 1. The van der Waals surface area contributed by atoms with Gasteiger partial charge in [0.05, 0.1) is 0 Å². The van der Waals surface area contributed by atoms with E-state index in [1.165, 1.54) is 0 Å². The van der Waals surface area contributed by atoms with E-state index in [0.717, 1.165) is 27.9 Å². The summed E-state index contributed by atoms with van der Waals surface area (Å²) in [5.41, 5.74) is 7.42. The van der Waals surface area contributed by atoms with Crippen molar-refractivity contribution in [3.8, 4) is 10.6 Å². The molecule has 0 aliphatic heterocycles. The summed E-state index contributed by atoms with van der Waals surface area (Å²) in [7, 11) is 0. The zero-order valence-corrected chi connectivity index (χ0v) is 9.21. The molecule has 0 saturated heterocycles. The summed E-state index contributed by atoms with van der Waals surface area (Å²) in [6.45, 7) is 2.89. The zero-order chi connectivity index (χ0) is 10.7. The Morgan fingerprint density at radius 1 is 1.27 bits per heavy atom. The van der Waals surface area contributed by atoms with Crippen molar-refractivity contribution >= 4 is 22.2 Å². The van der Waals surface area contributed by atoms with E-state index in [1.54, 1.807) is 11.3 Å². The standard InChI is InChI=1S/C10H12N4S/c1-2-12-10-14-13-9(15-10)7-3-5-8(11)6-4-7/h3-6H,2,11H2,1H3,(H,12,14). The molecule has 0 aliphatic carbocycles. The van der Waals surface area contributed by atoms with Crippen molar-refractivity contribution < 1.29 is 0 Å². The van der Waals surface area contributed by atoms with E-state index in [1.807, 2.05) is 31.2 Å². The van der Waals surface area contributed by atoms with Gasteiger partial charge in [-0.05, 0) is 31.2 Å². The Hall–Kier alpha value is -1.62. The molecule has 5 heteroatoms. The van der Waals surface area contributed by atoms with E-state index in [0.29, 0.717) is 0 Å². The van der Waals surface area contributed by atoms with Gasteiger partial charge in [-0.15, -0.1) is 10.2 Å². The predicted octanol–water partition coefficient (Wildman–Crippen LogP) is 2.22. The highest BCUT2D eigenvalue weighted by molar-refractivity contribution is 7.18. The lowest BCUT2D eigenvalue weighted by Gasteiger charge is -1.95. The molecule has 3 N–H and O–H groups in total. The highest BCUT2D eigenvalue weighted by Gasteiger charge is 2.04. The van der Waals surface area contributed by atoms with E-state index in [4.69, 9.17) is 5.73 Å². The fourth-order valence-corrected chi connectivity index (χ4v) is 2.01. The summed E-state index contributed by atoms with van der Waals surface area (Å²) in [6.07, 6.45) is 0. The first-order valence-electron chi connectivity index (χ1n) is 4.73. The van der Waals surface area contributed by atoms with Gasteiger partial charge in [-0.3, -0.25) is 0 Å². The van der Waals surface area contributed by atoms with Gasteiger partial charge in [-0.1, -0.05) is 11.3 Å². The number of nitrogens with one attached hydrogen (secondary N) is 1. The lowest BCUT2D eigenvalue weighted by molar-refractivity contribution is 1.07. The van der Waals surface area contributed by atoms with Crippen molar-refractivity contribution in [3.63, 3.8) is 0 Å². The van der Waals surface area contributed by atoms with Crippen molar-refractivity contribution in [1.29, 1.82) is 0 Å². The minimum absolute atomic E-state index is 0.759. The number of aromatic nitrogens is 2. The first-order valence-corrected chi connectivity index (χ1v) is 5.54. The molecular formula is C10H12N4S. The fraction of sp³-hybridized carbons (Fsp3) is 0.200. The number of nitrogens with zero attached hydrogens (tertiary/aromatic N) is 2. The first kappa shape index (κ1) is 9.92. The molecular weight excluding hydrogens is 208 g/mol. The van der Waals surface area contributed by atoms with Crippen molar-refractivity contribution in [2.24, 2.45) is 0 Å². The molecule has 0 radical (unpaired) electrons. The van der Waals surface area contributed by atoms with E-state index in [2.05, 4.69) is 15.5 Å². The molecule has 1 aromatic heterocycles. The van der Waals surface area contributed by atoms with Crippen LogP contribution in [0.3, 0.4) is 0 Å². The Bertz CT molecular complexity index is 435. The molecule has 0 bridgehead atoms. The molecule has 0 amide bonds. The van der Waals surface area contributed by atoms with Crippen LogP contribution >= 0.6 is 11.3 Å². The fourth-order valence-electron chi connectivity index (χ4n) is 1.19. The van der Waals surface area contributed by atoms with Gasteiger partial charge in [-0.2, -0.15) is 0 Å². The predicted molar refractivity (Wildman–Crippen MR) is 63.9 cm³/mol. The van der Waals surface area contributed by atoms with Crippen LogP contribution in [0.1, 0.15) is 6.92 Å². The Kier molecular flexibility index (Phi) is 2.82. The Labute approximate surface area is 92.2 Å². The molecule has 78 valence electrons. The second-order valence-corrected chi connectivity index (χ2v) is 4.04. The topological polar surface area (TPSA) is 63.8 Å². The summed E-state index contributed by atoms with van der Waals surface area (Å²) >= 11 is 1.54. The Morgan fingerprint density at radius 2 is 2.00 bits per heavy atom. The van der Waals surface area contributed by atoms with Gasteiger partial charge in [0.2, 0.25) is 5.13 Å². The van der Waals surface area contributed by atoms with E-state index < -0.39 is 0 Å². The van der Waals surface area contributed by atoms with Crippen molar-refractivity contribution in [3.05, 3.63) is 24.3 Å². The van der Waals surface area contributed by atoms with Gasteiger partial charge in [0.15, 0.2) is 0 Å². The minimum atomic E-state index is 0.759. The van der Waals surface area contributed by atoms with Crippen molar-refractivity contribution in [2.45, 2.75) is 6.92 Å². The average Bonchev–Trinajstić information content (AvgIpc) is 2.68. The molecule has 0 fully saturated rings. The first-order chi connectivity index (χ1) is 7.29. The molecule has 4 nitrogen and oxygen atoms in total. The van der Waals surface area contributed by atoms with Crippen LogP contribution in [0.5, 0.6) is 0 Å². The van der Waals surface area contributed by atoms with E-state index in [-0.39, 0.29) is 0 Å². The number of hydrogen-bond acceptors (Lipinski definition) is 5. The van der Waals surface area contributed by atoms with Crippen LogP contribution in [0.15, 0.2) is 24.3 Å². The highest BCUT2D eigenvalue weighted by atomic mass is 32.1. The summed E-state index contributed by atoms with van der Waals surface area (Å²) in [5.74, 6) is 0. The summed E-state index contributed by atoms with van der Waals surface area (Å²) in [6, 6.07) is 7.63. The van der Waals surface area contributed by atoms with Crippen LogP contribution in [-0.4, -0.2) is 16.7 Å². The normalized spacial score (nSPS) is 10.2. The van der Waals surface area contributed by atoms with Crippen LogP contribution in [0.25, 0.3) is 10.6 Å². The molecule has 0 atom stereocenters. The smallest absolute Gasteiger partial charge is 0.205 e. The third kappa shape index (κ3) is 2.24. The largest absolute Gasteiger partial charge is 0.399 e. The number of hydrogen-bond donors (Lipinski definition) is 2. The van der Waals surface area contributed by atoms with Gasteiger partial charge >= 0.3 is 0 Å². The second-order valence-electron chi connectivity index (χ2n) is 3.06. The third-order valence-corrected chi connectivity index (χ3v) is 2.84. The second kappa shape index (κ2) is 4.27. The lowest BCUT2D eigenvalue weighted by atomic mass is 10.2. The molecule has 2 aromatic rings. The molecule has 0 saturated carbocycles. The molecule has 0 spiro atoms. The monoisotopic (exact) mass is 220 g/mol. The molecule has 0 unspecified atom stereocenters. The number of anilines is 2. The van der Waals surface area contributed by atoms with Crippen molar-refractivity contribution in [2.75, 3.05) is 17.6 Å². The van der Waals surface area contributed by atoms with Gasteiger partial charge < -0.3 is 11.1 Å². The number of benzene rings is 1. The van der Waals surface area contributed by atoms with Crippen molar-refractivity contribution in [1.82, 2.24) is 10.2 Å². The number of rotatable bonds is 3. The summed E-state index contributed by atoms with van der Waals surface area (Å²) in [4.78, 5) is 0. The molecule has 2 rings (SSSR count). The van der Waals surface area contributed by atoms with E-state index >= 15 is 0 Å². The maximum atomic E-state index is 5.61. The van der Waals surface area contributed by atoms with E-state index in [9.17, 15) is 0 Å². The van der Waals surface area contributed by atoms with Gasteiger partial charge in [0.25, 0.3) is 0 Å².